The fraction of sp³-hybridized carbons (Fsp3) is 0.353. The van der Waals surface area contributed by atoms with Gasteiger partial charge in [0.25, 0.3) is 0 Å². The largest absolute Gasteiger partial charge is 0.356 e. The molecule has 3 aromatic heterocycles. The van der Waals surface area contributed by atoms with E-state index in [1.54, 1.807) is 18.4 Å². The van der Waals surface area contributed by atoms with Crippen molar-refractivity contribution >= 4 is 22.9 Å². The van der Waals surface area contributed by atoms with Gasteiger partial charge in [-0.1, -0.05) is 6.07 Å². The van der Waals surface area contributed by atoms with Gasteiger partial charge in [-0.25, -0.2) is 9.97 Å². The Hall–Kier alpha value is -2.41. The van der Waals surface area contributed by atoms with Gasteiger partial charge in [-0.2, -0.15) is 0 Å². The molecule has 3 heterocycles. The lowest BCUT2D eigenvalue weighted by atomic mass is 10.4. The first kappa shape index (κ1) is 16.4. The number of thiazole rings is 1. The second-order valence-corrected chi connectivity index (χ2v) is 6.91. The van der Waals surface area contributed by atoms with Crippen LogP contribution in [0, 0.1) is 13.8 Å². The van der Waals surface area contributed by atoms with Crippen LogP contribution < -0.4 is 10.6 Å². The van der Waals surface area contributed by atoms with E-state index in [1.807, 2.05) is 18.3 Å². The summed E-state index contributed by atoms with van der Waals surface area (Å²) >= 11 is 1.74. The first-order chi connectivity index (χ1) is 11.7. The fourth-order valence-corrected chi connectivity index (χ4v) is 3.27. The van der Waals surface area contributed by atoms with Gasteiger partial charge in [-0.15, -0.1) is 11.3 Å². The van der Waals surface area contributed by atoms with Crippen LogP contribution in [0.3, 0.4) is 0 Å². The standard InChI is InChI=1S/C17H22N6S/c1-12-5-4-6-15-22-14(11-23(12)15)10-21-17(18-3)19-8-7-16-20-9-13(2)24-16/h4-6,9,11H,7-8,10H2,1-3H3,(H2,18,19,21). The van der Waals surface area contributed by atoms with E-state index in [1.165, 1.54) is 10.6 Å². The van der Waals surface area contributed by atoms with E-state index in [-0.39, 0.29) is 0 Å². The number of rotatable bonds is 5. The highest BCUT2D eigenvalue weighted by atomic mass is 32.1. The highest BCUT2D eigenvalue weighted by Crippen LogP contribution is 2.11. The molecule has 0 saturated carbocycles. The lowest BCUT2D eigenvalue weighted by Crippen LogP contribution is -2.37. The monoisotopic (exact) mass is 342 g/mol. The van der Waals surface area contributed by atoms with Gasteiger partial charge in [0.15, 0.2) is 5.96 Å². The number of nitrogens with one attached hydrogen (secondary N) is 2. The van der Waals surface area contributed by atoms with Crippen molar-refractivity contribution in [1.29, 1.82) is 0 Å². The Morgan fingerprint density at radius 2 is 2.17 bits per heavy atom. The van der Waals surface area contributed by atoms with Crippen molar-refractivity contribution in [3.8, 4) is 0 Å². The molecule has 0 unspecified atom stereocenters. The highest BCUT2D eigenvalue weighted by Gasteiger charge is 2.05. The summed E-state index contributed by atoms with van der Waals surface area (Å²) in [5.74, 6) is 0.775. The van der Waals surface area contributed by atoms with Gasteiger partial charge in [0.2, 0.25) is 0 Å². The molecule has 0 aliphatic carbocycles. The zero-order valence-corrected chi connectivity index (χ0v) is 15.0. The van der Waals surface area contributed by atoms with Gasteiger partial charge < -0.3 is 15.0 Å². The van der Waals surface area contributed by atoms with Crippen molar-refractivity contribution in [3.63, 3.8) is 0 Å². The third-order valence-corrected chi connectivity index (χ3v) is 4.68. The van der Waals surface area contributed by atoms with Crippen molar-refractivity contribution in [2.75, 3.05) is 13.6 Å². The molecule has 0 amide bonds. The maximum atomic E-state index is 4.62. The summed E-state index contributed by atoms with van der Waals surface area (Å²) in [6, 6.07) is 6.11. The van der Waals surface area contributed by atoms with E-state index in [0.717, 1.165) is 35.3 Å². The van der Waals surface area contributed by atoms with Crippen molar-refractivity contribution in [3.05, 3.63) is 51.9 Å². The molecule has 0 aliphatic heterocycles. The van der Waals surface area contributed by atoms with E-state index in [9.17, 15) is 0 Å². The quantitative estimate of drug-likeness (QED) is 0.552. The molecular formula is C17H22N6S. The van der Waals surface area contributed by atoms with E-state index >= 15 is 0 Å². The number of nitrogens with zero attached hydrogens (tertiary/aromatic N) is 4. The second kappa shape index (κ2) is 7.44. The summed E-state index contributed by atoms with van der Waals surface area (Å²) in [7, 11) is 1.77. The smallest absolute Gasteiger partial charge is 0.191 e. The van der Waals surface area contributed by atoms with Gasteiger partial charge in [0.1, 0.15) is 5.65 Å². The number of hydrogen-bond donors (Lipinski definition) is 2. The average Bonchev–Trinajstić information content (AvgIpc) is 3.17. The Bertz CT molecular complexity index is 848. The van der Waals surface area contributed by atoms with Crippen LogP contribution in [-0.2, 0) is 13.0 Å². The SMILES string of the molecule is CN=C(NCCc1ncc(C)s1)NCc1cn2c(C)cccc2n1. The van der Waals surface area contributed by atoms with Gasteiger partial charge in [0, 0.05) is 43.0 Å². The Morgan fingerprint density at radius 3 is 2.88 bits per heavy atom. The maximum absolute atomic E-state index is 4.62. The number of aryl methyl sites for hydroxylation is 2. The number of fused-ring (bicyclic) bond motifs is 1. The minimum Gasteiger partial charge on any atom is -0.356 e. The van der Waals surface area contributed by atoms with Gasteiger partial charge in [-0.3, -0.25) is 4.99 Å². The Balaban J connectivity index is 1.52. The Kier molecular flexibility index (Phi) is 5.10. The molecule has 24 heavy (non-hydrogen) atoms. The van der Waals surface area contributed by atoms with Gasteiger partial charge in [-0.05, 0) is 26.0 Å². The van der Waals surface area contributed by atoms with Crippen LogP contribution in [0.15, 0.2) is 35.6 Å². The highest BCUT2D eigenvalue weighted by molar-refractivity contribution is 7.11. The summed E-state index contributed by atoms with van der Waals surface area (Å²) in [6.07, 6.45) is 4.87. The number of aromatic nitrogens is 3. The third kappa shape index (κ3) is 3.91. The summed E-state index contributed by atoms with van der Waals surface area (Å²) in [6.45, 7) is 5.59. The fourth-order valence-electron chi connectivity index (χ4n) is 2.48. The Labute approximate surface area is 145 Å². The number of hydrogen-bond acceptors (Lipinski definition) is 4. The normalized spacial score (nSPS) is 11.9. The summed E-state index contributed by atoms with van der Waals surface area (Å²) in [4.78, 5) is 14.5. The third-order valence-electron chi connectivity index (χ3n) is 3.71. The molecule has 0 aromatic carbocycles. The molecule has 0 bridgehead atoms. The van der Waals surface area contributed by atoms with Crippen LogP contribution in [0.25, 0.3) is 5.65 Å². The number of imidazole rings is 1. The van der Waals surface area contributed by atoms with Crippen LogP contribution in [0.5, 0.6) is 0 Å². The molecule has 0 radical (unpaired) electrons. The zero-order valence-electron chi connectivity index (χ0n) is 14.2. The predicted octanol–water partition coefficient (Wildman–Crippen LogP) is 2.32. The lowest BCUT2D eigenvalue weighted by molar-refractivity contribution is 0.784. The molecule has 0 saturated heterocycles. The van der Waals surface area contributed by atoms with Crippen LogP contribution in [0.4, 0.5) is 0 Å². The maximum Gasteiger partial charge on any atom is 0.191 e. The lowest BCUT2D eigenvalue weighted by Gasteiger charge is -2.10. The van der Waals surface area contributed by atoms with E-state index in [2.05, 4.69) is 56.1 Å². The number of guanidine groups is 1. The minimum absolute atomic E-state index is 0.636. The van der Waals surface area contributed by atoms with Crippen molar-refractivity contribution in [2.45, 2.75) is 26.8 Å². The first-order valence-corrected chi connectivity index (χ1v) is 8.77. The van der Waals surface area contributed by atoms with E-state index in [4.69, 9.17) is 0 Å². The van der Waals surface area contributed by atoms with Crippen LogP contribution >= 0.6 is 11.3 Å². The van der Waals surface area contributed by atoms with E-state index < -0.39 is 0 Å². The summed E-state index contributed by atoms with van der Waals surface area (Å²) < 4.78 is 2.10. The molecule has 7 heteroatoms. The van der Waals surface area contributed by atoms with Crippen molar-refractivity contribution in [2.24, 2.45) is 4.99 Å². The van der Waals surface area contributed by atoms with Crippen molar-refractivity contribution < 1.29 is 0 Å². The minimum atomic E-state index is 0.636. The zero-order chi connectivity index (χ0) is 16.9. The summed E-state index contributed by atoms with van der Waals surface area (Å²) in [5.41, 5.74) is 3.13. The molecule has 6 nitrogen and oxygen atoms in total. The molecular weight excluding hydrogens is 320 g/mol. The molecule has 0 aliphatic rings. The Morgan fingerprint density at radius 1 is 1.29 bits per heavy atom. The molecule has 3 rings (SSSR count). The van der Waals surface area contributed by atoms with Crippen LogP contribution in [0.2, 0.25) is 0 Å². The molecule has 0 spiro atoms. The van der Waals surface area contributed by atoms with Gasteiger partial charge >= 0.3 is 0 Å². The number of aliphatic imine (C=N–C) groups is 1. The number of pyridine rings is 1. The van der Waals surface area contributed by atoms with Crippen molar-refractivity contribution in [1.82, 2.24) is 25.0 Å². The molecule has 3 aromatic rings. The molecule has 126 valence electrons. The molecule has 0 atom stereocenters. The van der Waals surface area contributed by atoms with Crippen LogP contribution in [0.1, 0.15) is 21.3 Å². The first-order valence-electron chi connectivity index (χ1n) is 7.95. The van der Waals surface area contributed by atoms with Crippen LogP contribution in [-0.4, -0.2) is 33.9 Å². The predicted molar refractivity (Wildman–Crippen MR) is 98.7 cm³/mol. The topological polar surface area (TPSA) is 66.6 Å². The van der Waals surface area contributed by atoms with Gasteiger partial charge in [0.05, 0.1) is 17.2 Å². The molecule has 0 fully saturated rings. The summed E-state index contributed by atoms with van der Waals surface area (Å²) in [5, 5.41) is 7.76. The molecule has 2 N–H and O–H groups in total. The van der Waals surface area contributed by atoms with E-state index in [0.29, 0.717) is 6.54 Å². The second-order valence-electron chi connectivity index (χ2n) is 5.59. The average molecular weight is 342 g/mol.